The molecule has 0 aliphatic carbocycles. The number of rotatable bonds is 6. The second kappa shape index (κ2) is 10.8. The van der Waals surface area contributed by atoms with Gasteiger partial charge in [0.15, 0.2) is 17.5 Å². The summed E-state index contributed by atoms with van der Waals surface area (Å²) in [6.45, 7) is 1.00. The van der Waals surface area contributed by atoms with Crippen molar-refractivity contribution in [3.8, 4) is 11.5 Å². The number of ether oxygens (including phenoxy) is 3. The summed E-state index contributed by atoms with van der Waals surface area (Å²) in [4.78, 5) is 41.7. The van der Waals surface area contributed by atoms with E-state index in [0.717, 1.165) is 5.56 Å². The van der Waals surface area contributed by atoms with Gasteiger partial charge in [-0.05, 0) is 18.9 Å². The summed E-state index contributed by atoms with van der Waals surface area (Å²) in [5.41, 5.74) is 0.860. The summed E-state index contributed by atoms with van der Waals surface area (Å²) in [5, 5.41) is 23.2. The summed E-state index contributed by atoms with van der Waals surface area (Å²) < 4.78 is 15.6. The van der Waals surface area contributed by atoms with Gasteiger partial charge in [-0.3, -0.25) is 14.6 Å². The predicted octanol–water partition coefficient (Wildman–Crippen LogP) is 0.531. The number of carbonyl (C=O) groups is 3. The van der Waals surface area contributed by atoms with Crippen molar-refractivity contribution < 1.29 is 38.8 Å². The Morgan fingerprint density at radius 3 is 2.64 bits per heavy atom. The zero-order valence-electron chi connectivity index (χ0n) is 18.3. The van der Waals surface area contributed by atoms with Crippen LogP contribution in [0, 0.1) is 5.92 Å². The molecule has 176 valence electrons. The maximum absolute atomic E-state index is 12.7. The number of nitrogens with one attached hydrogen (secondary N) is 1. The molecule has 3 rings (SSSR count). The minimum atomic E-state index is -1.30. The number of aliphatic hydroxyl groups excluding tert-OH is 1. The van der Waals surface area contributed by atoms with Gasteiger partial charge >= 0.3 is 11.9 Å². The van der Waals surface area contributed by atoms with Gasteiger partial charge in [0.1, 0.15) is 18.8 Å². The number of esters is 2. The molecule has 4 atom stereocenters. The Morgan fingerprint density at radius 2 is 1.94 bits per heavy atom. The molecule has 2 aromatic rings. The molecule has 33 heavy (non-hydrogen) atoms. The summed E-state index contributed by atoms with van der Waals surface area (Å²) in [5.74, 6) is -3.32. The second-order valence-corrected chi connectivity index (χ2v) is 7.66. The van der Waals surface area contributed by atoms with Crippen LogP contribution in [0.5, 0.6) is 11.5 Å². The Bertz CT molecular complexity index is 997. The van der Waals surface area contributed by atoms with E-state index in [1.54, 1.807) is 0 Å². The minimum absolute atomic E-state index is 0.0481. The Morgan fingerprint density at radius 1 is 1.21 bits per heavy atom. The summed E-state index contributed by atoms with van der Waals surface area (Å²) >= 11 is 0. The number of hydrogen-bond acceptors (Lipinski definition) is 9. The SMILES string of the molecule is COc1ccnc(CC(=O)N[C@H]2COC(=O)[C@H](Cc3ccccc3)[C@@H](O)[C@H](C)OC2=O)c1O. The lowest BCUT2D eigenvalue weighted by Crippen LogP contribution is -2.46. The van der Waals surface area contributed by atoms with Gasteiger partial charge < -0.3 is 29.7 Å². The van der Waals surface area contributed by atoms with Crippen molar-refractivity contribution in [3.05, 3.63) is 53.9 Å². The van der Waals surface area contributed by atoms with Crippen molar-refractivity contribution in [1.82, 2.24) is 10.3 Å². The van der Waals surface area contributed by atoms with Gasteiger partial charge in [0.25, 0.3) is 0 Å². The molecule has 1 aliphatic heterocycles. The number of cyclic esters (lactones) is 2. The van der Waals surface area contributed by atoms with E-state index in [-0.39, 0.29) is 30.0 Å². The largest absolute Gasteiger partial charge is 0.503 e. The molecule has 1 aliphatic rings. The van der Waals surface area contributed by atoms with E-state index < -0.39 is 48.6 Å². The molecule has 10 nitrogen and oxygen atoms in total. The number of aromatic nitrogens is 1. The van der Waals surface area contributed by atoms with Gasteiger partial charge in [-0.2, -0.15) is 0 Å². The molecule has 0 bridgehead atoms. The quantitative estimate of drug-likeness (QED) is 0.528. The van der Waals surface area contributed by atoms with Crippen molar-refractivity contribution in [2.75, 3.05) is 13.7 Å². The highest BCUT2D eigenvalue weighted by Crippen LogP contribution is 2.28. The first-order valence-electron chi connectivity index (χ1n) is 10.4. The van der Waals surface area contributed by atoms with E-state index in [1.807, 2.05) is 30.3 Å². The second-order valence-electron chi connectivity index (χ2n) is 7.66. The molecule has 1 aromatic heterocycles. The third kappa shape index (κ3) is 5.98. The monoisotopic (exact) mass is 458 g/mol. The molecular weight excluding hydrogens is 432 g/mol. The molecular formula is C23H26N2O8. The normalized spacial score (nSPS) is 23.4. The van der Waals surface area contributed by atoms with Gasteiger partial charge in [0, 0.05) is 12.3 Å². The van der Waals surface area contributed by atoms with Crippen LogP contribution in [0.25, 0.3) is 0 Å². The third-order valence-electron chi connectivity index (χ3n) is 5.32. The van der Waals surface area contributed by atoms with Crippen LogP contribution in [0.2, 0.25) is 0 Å². The zero-order valence-corrected chi connectivity index (χ0v) is 18.3. The van der Waals surface area contributed by atoms with Crippen LogP contribution in [0.15, 0.2) is 42.6 Å². The summed E-state index contributed by atoms with van der Waals surface area (Å²) in [7, 11) is 1.36. The van der Waals surface area contributed by atoms with Crippen molar-refractivity contribution >= 4 is 17.8 Å². The van der Waals surface area contributed by atoms with Crippen LogP contribution in [-0.4, -0.2) is 65.0 Å². The van der Waals surface area contributed by atoms with E-state index in [9.17, 15) is 24.6 Å². The highest BCUT2D eigenvalue weighted by Gasteiger charge is 2.38. The fourth-order valence-corrected chi connectivity index (χ4v) is 3.48. The Hall–Kier alpha value is -3.66. The van der Waals surface area contributed by atoms with Crippen LogP contribution in [0.1, 0.15) is 18.2 Å². The molecule has 0 saturated carbocycles. The molecule has 0 radical (unpaired) electrons. The molecule has 3 N–H and O–H groups in total. The summed E-state index contributed by atoms with van der Waals surface area (Å²) in [6, 6.07) is 9.23. The highest BCUT2D eigenvalue weighted by molar-refractivity contribution is 5.86. The molecule has 1 amide bonds. The van der Waals surface area contributed by atoms with Crippen molar-refractivity contribution in [2.45, 2.75) is 38.0 Å². The highest BCUT2D eigenvalue weighted by atomic mass is 16.6. The molecule has 0 spiro atoms. The third-order valence-corrected chi connectivity index (χ3v) is 5.32. The minimum Gasteiger partial charge on any atom is -0.503 e. The average Bonchev–Trinajstić information content (AvgIpc) is 2.83. The standard InChI is InChI=1S/C23H26N2O8/c1-13-20(27)15(10-14-6-4-3-5-7-14)22(29)32-12-17(23(30)33-13)25-19(26)11-16-21(28)18(31-2)8-9-24-16/h3-9,13,15,17,20,27-28H,10-12H2,1-2H3,(H,25,26)/t13-,15+,17-,20-/m0/s1. The van der Waals surface area contributed by atoms with E-state index in [0.29, 0.717) is 0 Å². The topological polar surface area (TPSA) is 144 Å². The number of aliphatic hydroxyl groups is 1. The van der Waals surface area contributed by atoms with Crippen LogP contribution in [-0.2, 0) is 36.7 Å². The molecule has 10 heteroatoms. The van der Waals surface area contributed by atoms with Crippen molar-refractivity contribution in [3.63, 3.8) is 0 Å². The molecule has 1 fully saturated rings. The Balaban J connectivity index is 1.70. The van der Waals surface area contributed by atoms with Gasteiger partial charge in [-0.25, -0.2) is 4.79 Å². The fraction of sp³-hybridized carbons (Fsp3) is 0.391. The van der Waals surface area contributed by atoms with Crippen LogP contribution < -0.4 is 10.1 Å². The van der Waals surface area contributed by atoms with E-state index in [4.69, 9.17) is 14.2 Å². The first-order chi connectivity index (χ1) is 15.8. The number of methoxy groups -OCH3 is 1. The number of aromatic hydroxyl groups is 1. The zero-order chi connectivity index (χ0) is 24.0. The molecule has 2 heterocycles. The van der Waals surface area contributed by atoms with Crippen molar-refractivity contribution in [2.24, 2.45) is 5.92 Å². The van der Waals surface area contributed by atoms with E-state index in [1.165, 1.54) is 26.3 Å². The number of hydrogen-bond donors (Lipinski definition) is 3. The maximum atomic E-state index is 12.7. The van der Waals surface area contributed by atoms with Crippen LogP contribution in [0.3, 0.4) is 0 Å². The Labute approximate surface area is 190 Å². The first kappa shape index (κ1) is 24.0. The lowest BCUT2D eigenvalue weighted by Gasteiger charge is -2.25. The molecule has 1 aromatic carbocycles. The smallest absolute Gasteiger partial charge is 0.332 e. The number of pyridine rings is 1. The van der Waals surface area contributed by atoms with Crippen LogP contribution in [0.4, 0.5) is 0 Å². The average molecular weight is 458 g/mol. The van der Waals surface area contributed by atoms with Gasteiger partial charge in [-0.15, -0.1) is 0 Å². The Kier molecular flexibility index (Phi) is 7.83. The molecule has 0 unspecified atom stereocenters. The first-order valence-corrected chi connectivity index (χ1v) is 10.4. The lowest BCUT2D eigenvalue weighted by atomic mass is 9.91. The number of nitrogens with zero attached hydrogens (tertiary/aromatic N) is 1. The van der Waals surface area contributed by atoms with E-state index in [2.05, 4.69) is 10.3 Å². The van der Waals surface area contributed by atoms with Gasteiger partial charge in [0.05, 0.1) is 25.1 Å². The fourth-order valence-electron chi connectivity index (χ4n) is 3.48. The van der Waals surface area contributed by atoms with Crippen LogP contribution >= 0.6 is 0 Å². The number of amides is 1. The number of carbonyl (C=O) groups excluding carboxylic acids is 3. The predicted molar refractivity (Wildman–Crippen MR) is 114 cm³/mol. The van der Waals surface area contributed by atoms with E-state index >= 15 is 0 Å². The van der Waals surface area contributed by atoms with Gasteiger partial charge in [0.2, 0.25) is 5.91 Å². The van der Waals surface area contributed by atoms with Gasteiger partial charge in [-0.1, -0.05) is 30.3 Å². The lowest BCUT2D eigenvalue weighted by molar-refractivity contribution is -0.159. The van der Waals surface area contributed by atoms with Crippen molar-refractivity contribution in [1.29, 1.82) is 0 Å². The summed E-state index contributed by atoms with van der Waals surface area (Å²) in [6.07, 6.45) is -1.10. The number of benzene rings is 1. The maximum Gasteiger partial charge on any atom is 0.332 e. The molecule has 1 saturated heterocycles.